The van der Waals surface area contributed by atoms with Crippen LogP contribution in [0.25, 0.3) is 0 Å². The molecule has 0 saturated carbocycles. The van der Waals surface area contributed by atoms with E-state index < -0.39 is 12.0 Å². The van der Waals surface area contributed by atoms with Gasteiger partial charge in [-0.3, -0.25) is 0 Å². The Balaban J connectivity index is 3.27. The fourth-order valence-corrected chi connectivity index (χ4v) is 1.60. The normalized spacial score (nSPS) is 14.2. The van der Waals surface area contributed by atoms with Crippen molar-refractivity contribution in [2.75, 3.05) is 0 Å². The minimum absolute atomic E-state index is 0.0497. The van der Waals surface area contributed by atoms with E-state index >= 15 is 0 Å². The van der Waals surface area contributed by atoms with Crippen LogP contribution < -0.4 is 5.73 Å². The van der Waals surface area contributed by atoms with E-state index in [4.69, 9.17) is 5.73 Å². The van der Waals surface area contributed by atoms with Crippen molar-refractivity contribution in [2.24, 2.45) is 5.73 Å². The second-order valence-corrected chi connectivity index (χ2v) is 4.64. The number of benzene rings is 1. The van der Waals surface area contributed by atoms with Crippen LogP contribution in [-0.2, 0) is 5.92 Å². The zero-order valence-corrected chi connectivity index (χ0v) is 10.2. The molecule has 0 fully saturated rings. The lowest BCUT2D eigenvalue weighted by Gasteiger charge is -2.23. The van der Waals surface area contributed by atoms with Crippen LogP contribution in [0.4, 0.5) is 8.78 Å². The maximum absolute atomic E-state index is 13.9. The zero-order valence-electron chi connectivity index (χ0n) is 10.2. The van der Waals surface area contributed by atoms with Crippen LogP contribution in [0.3, 0.4) is 0 Å². The first-order chi connectivity index (χ1) is 7.26. The predicted molar refractivity (Wildman–Crippen MR) is 62.8 cm³/mol. The number of hydrogen-bond donors (Lipinski definition) is 1. The van der Waals surface area contributed by atoms with Crippen molar-refractivity contribution in [1.82, 2.24) is 0 Å². The first-order valence-electron chi connectivity index (χ1n) is 5.51. The van der Waals surface area contributed by atoms with Gasteiger partial charge in [-0.15, -0.1) is 0 Å². The van der Waals surface area contributed by atoms with Crippen LogP contribution in [0.15, 0.2) is 18.2 Å². The molecule has 1 nitrogen and oxygen atoms in total. The molecule has 1 unspecified atom stereocenters. The fourth-order valence-electron chi connectivity index (χ4n) is 1.60. The number of hydrogen-bond acceptors (Lipinski definition) is 1. The standard InChI is InChI=1S/C13H19F2N/c1-8(2)11-6-5-9(3)12(7-11)13(14,15)10(4)16/h5-8,10H,16H2,1-4H3. The molecule has 0 bridgehead atoms. The molecule has 1 atom stereocenters. The topological polar surface area (TPSA) is 26.0 Å². The van der Waals surface area contributed by atoms with Gasteiger partial charge in [0, 0.05) is 5.56 Å². The summed E-state index contributed by atoms with van der Waals surface area (Å²) in [5.41, 5.74) is 6.90. The summed E-state index contributed by atoms with van der Waals surface area (Å²) in [6.07, 6.45) is 0. The minimum Gasteiger partial charge on any atom is -0.323 e. The van der Waals surface area contributed by atoms with E-state index in [0.29, 0.717) is 5.56 Å². The Morgan fingerprint density at radius 2 is 1.75 bits per heavy atom. The van der Waals surface area contributed by atoms with Gasteiger partial charge in [0.05, 0.1) is 6.04 Å². The SMILES string of the molecule is Cc1ccc(C(C)C)cc1C(F)(F)C(C)N. The van der Waals surface area contributed by atoms with Crippen molar-refractivity contribution in [3.8, 4) is 0 Å². The van der Waals surface area contributed by atoms with E-state index in [0.717, 1.165) is 5.56 Å². The molecule has 0 amide bonds. The van der Waals surface area contributed by atoms with Gasteiger partial charge in [-0.1, -0.05) is 26.0 Å². The molecule has 0 heterocycles. The maximum Gasteiger partial charge on any atom is 0.287 e. The lowest BCUT2D eigenvalue weighted by molar-refractivity contribution is -0.0263. The third kappa shape index (κ3) is 2.40. The lowest BCUT2D eigenvalue weighted by Crippen LogP contribution is -2.36. The van der Waals surface area contributed by atoms with Gasteiger partial charge in [-0.2, -0.15) is 8.78 Å². The molecule has 0 aliphatic rings. The van der Waals surface area contributed by atoms with Crippen LogP contribution in [0, 0.1) is 6.92 Å². The van der Waals surface area contributed by atoms with Crippen molar-refractivity contribution in [1.29, 1.82) is 0 Å². The Labute approximate surface area is 95.7 Å². The van der Waals surface area contributed by atoms with Gasteiger partial charge < -0.3 is 5.73 Å². The fraction of sp³-hybridized carbons (Fsp3) is 0.538. The second-order valence-electron chi connectivity index (χ2n) is 4.64. The number of halogens is 2. The van der Waals surface area contributed by atoms with Gasteiger partial charge in [0.2, 0.25) is 0 Å². The summed E-state index contributed by atoms with van der Waals surface area (Å²) in [6.45, 7) is 6.99. The highest BCUT2D eigenvalue weighted by molar-refractivity contribution is 5.36. The first-order valence-corrected chi connectivity index (χ1v) is 5.51. The van der Waals surface area contributed by atoms with E-state index in [-0.39, 0.29) is 11.5 Å². The average Bonchev–Trinajstić information content (AvgIpc) is 2.17. The summed E-state index contributed by atoms with van der Waals surface area (Å²) >= 11 is 0. The molecule has 0 aliphatic heterocycles. The molecule has 0 aliphatic carbocycles. The maximum atomic E-state index is 13.9. The van der Waals surface area contributed by atoms with Crippen LogP contribution >= 0.6 is 0 Å². The third-order valence-corrected chi connectivity index (χ3v) is 2.86. The average molecular weight is 227 g/mol. The molecule has 2 N–H and O–H groups in total. The minimum atomic E-state index is -2.96. The smallest absolute Gasteiger partial charge is 0.287 e. The summed E-state index contributed by atoms with van der Waals surface area (Å²) in [7, 11) is 0. The number of nitrogens with two attached hydrogens (primary N) is 1. The Kier molecular flexibility index (Phi) is 3.68. The van der Waals surface area contributed by atoms with Gasteiger partial charge in [-0.05, 0) is 37.0 Å². The highest BCUT2D eigenvalue weighted by atomic mass is 19.3. The molecule has 16 heavy (non-hydrogen) atoms. The van der Waals surface area contributed by atoms with Crippen molar-refractivity contribution in [3.63, 3.8) is 0 Å². The second kappa shape index (κ2) is 4.50. The van der Waals surface area contributed by atoms with Crippen LogP contribution in [0.2, 0.25) is 0 Å². The molecule has 1 rings (SSSR count). The number of aryl methyl sites for hydroxylation is 1. The highest BCUT2D eigenvalue weighted by Gasteiger charge is 2.37. The largest absolute Gasteiger partial charge is 0.323 e. The quantitative estimate of drug-likeness (QED) is 0.839. The Morgan fingerprint density at radius 3 is 2.19 bits per heavy atom. The monoisotopic (exact) mass is 227 g/mol. The van der Waals surface area contributed by atoms with Gasteiger partial charge in [0.1, 0.15) is 0 Å². The lowest BCUT2D eigenvalue weighted by atomic mass is 9.92. The molecule has 1 aromatic carbocycles. The highest BCUT2D eigenvalue weighted by Crippen LogP contribution is 2.34. The van der Waals surface area contributed by atoms with E-state index in [1.165, 1.54) is 6.92 Å². The van der Waals surface area contributed by atoms with E-state index in [2.05, 4.69) is 0 Å². The summed E-state index contributed by atoms with van der Waals surface area (Å²) in [5.74, 6) is -2.72. The summed E-state index contributed by atoms with van der Waals surface area (Å²) < 4.78 is 27.7. The van der Waals surface area contributed by atoms with Gasteiger partial charge in [0.25, 0.3) is 5.92 Å². The van der Waals surface area contributed by atoms with Crippen LogP contribution in [0.5, 0.6) is 0 Å². The Morgan fingerprint density at radius 1 is 1.19 bits per heavy atom. The molecular formula is C13H19F2N. The van der Waals surface area contributed by atoms with Gasteiger partial charge in [-0.25, -0.2) is 0 Å². The number of rotatable bonds is 3. The molecule has 90 valence electrons. The van der Waals surface area contributed by atoms with Crippen LogP contribution in [-0.4, -0.2) is 6.04 Å². The predicted octanol–water partition coefficient (Wildman–Crippen LogP) is 3.56. The third-order valence-electron chi connectivity index (χ3n) is 2.86. The Bertz CT molecular complexity index is 370. The van der Waals surface area contributed by atoms with Crippen molar-refractivity contribution >= 4 is 0 Å². The molecule has 1 aromatic rings. The van der Waals surface area contributed by atoms with Crippen molar-refractivity contribution in [3.05, 3.63) is 34.9 Å². The van der Waals surface area contributed by atoms with Crippen molar-refractivity contribution < 1.29 is 8.78 Å². The van der Waals surface area contributed by atoms with Gasteiger partial charge in [0.15, 0.2) is 0 Å². The summed E-state index contributed by atoms with van der Waals surface area (Å²) in [4.78, 5) is 0. The summed E-state index contributed by atoms with van der Waals surface area (Å²) in [5, 5.41) is 0. The van der Waals surface area contributed by atoms with Gasteiger partial charge >= 0.3 is 0 Å². The molecule has 3 heteroatoms. The van der Waals surface area contributed by atoms with Crippen LogP contribution in [0.1, 0.15) is 43.4 Å². The molecule has 0 spiro atoms. The van der Waals surface area contributed by atoms with E-state index in [9.17, 15) is 8.78 Å². The zero-order chi connectivity index (χ0) is 12.5. The Hall–Kier alpha value is -0.960. The van der Waals surface area contributed by atoms with E-state index in [1.807, 2.05) is 19.9 Å². The van der Waals surface area contributed by atoms with E-state index in [1.54, 1.807) is 19.1 Å². The molecular weight excluding hydrogens is 208 g/mol. The molecule has 0 radical (unpaired) electrons. The molecule has 0 aromatic heterocycles. The first kappa shape index (κ1) is 13.1. The number of alkyl halides is 2. The molecule has 0 saturated heterocycles. The summed E-state index contributed by atoms with van der Waals surface area (Å²) in [6, 6.07) is 4.03. The van der Waals surface area contributed by atoms with Crippen molar-refractivity contribution in [2.45, 2.75) is 45.6 Å².